The molecule has 1 aromatic carbocycles. The molecule has 3 heterocycles. The molecule has 0 aliphatic carbocycles. The van der Waals surface area contributed by atoms with Gasteiger partial charge in [-0.3, -0.25) is 5.10 Å². The molecule has 0 bridgehead atoms. The number of nitrogens with zero attached hydrogens (tertiary/aromatic N) is 8. The van der Waals surface area contributed by atoms with Crippen LogP contribution in [0.3, 0.4) is 0 Å². The highest BCUT2D eigenvalue weighted by atomic mass is 79.9. The van der Waals surface area contributed by atoms with E-state index in [1.807, 2.05) is 7.05 Å². The highest BCUT2D eigenvalue weighted by molar-refractivity contribution is 9.11. The lowest BCUT2D eigenvalue weighted by Gasteiger charge is -2.02. The SMILES string of the molecule is Brc1n[nH]c(Br)n1.Cn1nc(Br)nc1Br.Cn1nc(Br)nc1Oc1cccc(F)c1. The van der Waals surface area contributed by atoms with E-state index in [2.05, 4.69) is 115 Å². The summed E-state index contributed by atoms with van der Waals surface area (Å²) in [6.45, 7) is 0. The summed E-state index contributed by atoms with van der Waals surface area (Å²) in [7, 11) is 3.49. The van der Waals surface area contributed by atoms with Crippen molar-refractivity contribution in [3.63, 3.8) is 0 Å². The summed E-state index contributed by atoms with van der Waals surface area (Å²) in [5, 5.41) is 14.0. The summed E-state index contributed by atoms with van der Waals surface area (Å²) in [6.07, 6.45) is 0. The fourth-order valence-corrected chi connectivity index (χ4v) is 3.67. The van der Waals surface area contributed by atoms with Crippen LogP contribution in [-0.2, 0) is 14.1 Å². The van der Waals surface area contributed by atoms with Gasteiger partial charge in [-0.25, -0.2) is 13.8 Å². The Hall–Kier alpha value is -1.23. The molecule has 0 amide bonds. The second-order valence-corrected chi connectivity index (χ2v) is 8.60. The van der Waals surface area contributed by atoms with Crippen molar-refractivity contribution in [1.82, 2.24) is 44.7 Å². The molecule has 3 aromatic heterocycles. The van der Waals surface area contributed by atoms with E-state index in [-0.39, 0.29) is 5.82 Å². The van der Waals surface area contributed by atoms with Crippen molar-refractivity contribution in [3.05, 3.63) is 53.8 Å². The molecule has 10 nitrogen and oxygen atoms in total. The van der Waals surface area contributed by atoms with Gasteiger partial charge in [-0.1, -0.05) is 6.07 Å². The molecule has 4 rings (SSSR count). The Kier molecular flexibility index (Phi) is 9.99. The van der Waals surface area contributed by atoms with Gasteiger partial charge in [0.25, 0.3) is 0 Å². The molecule has 0 aliphatic rings. The maximum atomic E-state index is 12.8. The van der Waals surface area contributed by atoms with Crippen LogP contribution in [0.2, 0.25) is 0 Å². The van der Waals surface area contributed by atoms with Crippen LogP contribution in [0.1, 0.15) is 0 Å². The van der Waals surface area contributed by atoms with Crippen LogP contribution in [0, 0.1) is 5.82 Å². The van der Waals surface area contributed by atoms with Gasteiger partial charge in [-0.2, -0.15) is 15.0 Å². The third kappa shape index (κ3) is 8.49. The molecule has 160 valence electrons. The number of ether oxygens (including phenoxy) is 1. The number of hydrogen-bond donors (Lipinski definition) is 1. The number of aryl methyl sites for hydroxylation is 2. The molecule has 0 fully saturated rings. The Labute approximate surface area is 211 Å². The van der Waals surface area contributed by atoms with E-state index in [1.54, 1.807) is 23.9 Å². The topological polar surface area (TPSA) is 112 Å². The zero-order valence-electron chi connectivity index (χ0n) is 15.1. The molecule has 0 aliphatic heterocycles. The molecule has 16 heteroatoms. The molecule has 4 aromatic rings. The minimum absolute atomic E-state index is 0.299. The first-order valence-electron chi connectivity index (χ1n) is 7.59. The number of hydrogen-bond acceptors (Lipinski definition) is 7. The Bertz CT molecular complexity index is 1060. The molecule has 0 atom stereocenters. The molecule has 0 spiro atoms. The van der Waals surface area contributed by atoms with Crippen molar-refractivity contribution in [1.29, 1.82) is 0 Å². The van der Waals surface area contributed by atoms with Gasteiger partial charge in [0.2, 0.25) is 14.2 Å². The van der Waals surface area contributed by atoms with Gasteiger partial charge in [-0.15, -0.1) is 15.3 Å². The molecule has 0 unspecified atom stereocenters. The van der Waals surface area contributed by atoms with Crippen molar-refractivity contribution in [2.24, 2.45) is 14.1 Å². The average Bonchev–Trinajstić information content (AvgIpc) is 3.28. The number of halogens is 6. The summed E-state index contributed by atoms with van der Waals surface area (Å²) >= 11 is 15.5. The van der Waals surface area contributed by atoms with Gasteiger partial charge in [0, 0.05) is 20.2 Å². The van der Waals surface area contributed by atoms with Crippen LogP contribution in [0.5, 0.6) is 11.8 Å². The fourth-order valence-electron chi connectivity index (χ4n) is 1.62. The van der Waals surface area contributed by atoms with Crippen molar-refractivity contribution < 1.29 is 9.13 Å². The minimum Gasteiger partial charge on any atom is -0.424 e. The molecule has 1 N–H and O–H groups in total. The highest BCUT2D eigenvalue weighted by Crippen LogP contribution is 2.20. The Morgan fingerprint density at radius 1 is 0.900 bits per heavy atom. The molecular formula is C14H11Br5FN9O. The number of benzene rings is 1. The lowest BCUT2D eigenvalue weighted by Crippen LogP contribution is -1.95. The van der Waals surface area contributed by atoms with Crippen molar-refractivity contribution in [2.75, 3.05) is 0 Å². The summed E-state index contributed by atoms with van der Waals surface area (Å²) in [5.74, 6) is 0.0340. The minimum atomic E-state index is -0.353. The quantitative estimate of drug-likeness (QED) is 0.302. The van der Waals surface area contributed by atoms with E-state index >= 15 is 0 Å². The van der Waals surface area contributed by atoms with Crippen molar-refractivity contribution >= 4 is 79.6 Å². The maximum absolute atomic E-state index is 12.8. The predicted molar refractivity (Wildman–Crippen MR) is 123 cm³/mol. The van der Waals surface area contributed by atoms with E-state index in [1.165, 1.54) is 16.8 Å². The summed E-state index contributed by atoms with van der Waals surface area (Å²) < 4.78 is 24.2. The molecule has 0 radical (unpaired) electrons. The van der Waals surface area contributed by atoms with E-state index in [0.717, 1.165) is 4.73 Å². The first-order valence-corrected chi connectivity index (χ1v) is 11.6. The van der Waals surface area contributed by atoms with Gasteiger partial charge in [0.15, 0.2) is 9.47 Å². The van der Waals surface area contributed by atoms with Crippen LogP contribution in [0.15, 0.2) is 47.9 Å². The zero-order valence-corrected chi connectivity index (χ0v) is 23.0. The number of nitrogens with one attached hydrogen (secondary N) is 1. The van der Waals surface area contributed by atoms with Gasteiger partial charge in [0.05, 0.1) is 0 Å². The largest absolute Gasteiger partial charge is 0.424 e. The second kappa shape index (κ2) is 12.0. The number of H-pyrrole nitrogens is 1. The monoisotopic (exact) mass is 735 g/mol. The van der Waals surface area contributed by atoms with Crippen LogP contribution >= 0.6 is 79.6 Å². The third-order valence-electron chi connectivity index (χ3n) is 2.82. The smallest absolute Gasteiger partial charge is 0.321 e. The van der Waals surface area contributed by atoms with Crippen LogP contribution in [0.25, 0.3) is 0 Å². The number of rotatable bonds is 2. The summed E-state index contributed by atoms with van der Waals surface area (Å²) in [6, 6.07) is 6.14. The number of aromatic amines is 1. The fraction of sp³-hybridized carbons (Fsp3) is 0.143. The van der Waals surface area contributed by atoms with Crippen LogP contribution in [0.4, 0.5) is 4.39 Å². The normalized spacial score (nSPS) is 10.0. The van der Waals surface area contributed by atoms with Gasteiger partial charge in [-0.05, 0) is 91.8 Å². The Morgan fingerprint density at radius 3 is 1.93 bits per heavy atom. The van der Waals surface area contributed by atoms with Crippen LogP contribution in [-0.4, -0.2) is 44.7 Å². The second-order valence-electron chi connectivity index (χ2n) is 5.02. The van der Waals surface area contributed by atoms with E-state index in [9.17, 15) is 4.39 Å². The Balaban J connectivity index is 0.000000179. The lowest BCUT2D eigenvalue weighted by molar-refractivity contribution is 0.412. The molecular weight excluding hydrogens is 729 g/mol. The zero-order chi connectivity index (χ0) is 22.3. The average molecular weight is 740 g/mol. The standard InChI is InChI=1S/C9H7BrFN3O.C3H3Br2N3.C2HBr2N3/c1-14-9(12-8(10)13-14)15-7-4-2-3-6(11)5-7;1-8-3(5)6-2(4)7-8;3-1-5-2(4)7-6-1/h2-5H,1H3;1H3;(H,5,6,7). The summed E-state index contributed by atoms with van der Waals surface area (Å²) in [5.41, 5.74) is 0. The van der Waals surface area contributed by atoms with Gasteiger partial charge in [0.1, 0.15) is 11.6 Å². The van der Waals surface area contributed by atoms with E-state index in [0.29, 0.717) is 30.7 Å². The lowest BCUT2D eigenvalue weighted by atomic mass is 10.3. The van der Waals surface area contributed by atoms with Crippen molar-refractivity contribution in [3.8, 4) is 11.8 Å². The predicted octanol–water partition coefficient (Wildman–Crippen LogP) is 5.18. The first kappa shape index (κ1) is 25.0. The highest BCUT2D eigenvalue weighted by Gasteiger charge is 2.07. The third-order valence-corrected chi connectivity index (χ3v) is 4.89. The first-order chi connectivity index (χ1) is 14.1. The van der Waals surface area contributed by atoms with Gasteiger partial charge >= 0.3 is 6.01 Å². The van der Waals surface area contributed by atoms with Crippen LogP contribution < -0.4 is 4.74 Å². The molecule has 30 heavy (non-hydrogen) atoms. The van der Waals surface area contributed by atoms with Crippen molar-refractivity contribution in [2.45, 2.75) is 0 Å². The summed E-state index contributed by atoms with van der Waals surface area (Å²) in [4.78, 5) is 11.6. The van der Waals surface area contributed by atoms with E-state index in [4.69, 9.17) is 4.74 Å². The maximum Gasteiger partial charge on any atom is 0.321 e. The number of aromatic nitrogens is 9. The Morgan fingerprint density at radius 2 is 1.57 bits per heavy atom. The molecule has 0 saturated heterocycles. The van der Waals surface area contributed by atoms with E-state index < -0.39 is 0 Å². The molecule has 0 saturated carbocycles. The van der Waals surface area contributed by atoms with Gasteiger partial charge < -0.3 is 4.74 Å².